The van der Waals surface area contributed by atoms with Crippen LogP contribution in [0.5, 0.6) is 5.75 Å². The molecule has 2 aromatic carbocycles. The molecular formula is C19H13BrI2N4O2. The normalized spacial score (nSPS) is 11.1. The zero-order valence-corrected chi connectivity index (χ0v) is 20.5. The van der Waals surface area contributed by atoms with Crippen molar-refractivity contribution in [1.29, 1.82) is 5.26 Å². The maximum absolute atomic E-state index is 12.9. The van der Waals surface area contributed by atoms with Crippen LogP contribution in [0.15, 0.2) is 44.7 Å². The molecule has 0 amide bonds. The number of ether oxygens (including phenoxy) is 1. The first-order valence-corrected chi connectivity index (χ1v) is 11.1. The van der Waals surface area contributed by atoms with Crippen LogP contribution in [0.3, 0.4) is 0 Å². The van der Waals surface area contributed by atoms with Crippen molar-refractivity contribution < 1.29 is 4.74 Å². The van der Waals surface area contributed by atoms with E-state index < -0.39 is 0 Å². The topological polar surface area (TPSA) is 80.3 Å². The highest BCUT2D eigenvalue weighted by atomic mass is 127. The number of rotatable bonds is 5. The summed E-state index contributed by atoms with van der Waals surface area (Å²) >= 11 is 7.70. The summed E-state index contributed by atoms with van der Waals surface area (Å²) in [4.78, 5) is 17.5. The SMILES string of the molecule is CCc1nc2ccc(Br)cc2c(=O)n1N=Cc1cc(I)c(OCC#N)c(I)c1. The molecule has 0 bridgehead atoms. The average molecular weight is 663 g/mol. The van der Waals surface area contributed by atoms with Gasteiger partial charge in [-0.1, -0.05) is 22.9 Å². The number of halogens is 3. The van der Waals surface area contributed by atoms with Gasteiger partial charge in [0.1, 0.15) is 17.6 Å². The summed E-state index contributed by atoms with van der Waals surface area (Å²) < 4.78 is 9.35. The molecule has 0 spiro atoms. The van der Waals surface area contributed by atoms with Gasteiger partial charge in [0.05, 0.1) is 24.3 Å². The zero-order valence-electron chi connectivity index (χ0n) is 14.6. The lowest BCUT2D eigenvalue weighted by molar-refractivity contribution is 0.363. The zero-order chi connectivity index (χ0) is 20.3. The molecule has 6 nitrogen and oxygen atoms in total. The highest BCUT2D eigenvalue weighted by Gasteiger charge is 2.11. The van der Waals surface area contributed by atoms with Crippen molar-refractivity contribution in [3.8, 4) is 11.8 Å². The summed E-state index contributed by atoms with van der Waals surface area (Å²) in [6, 6.07) is 11.2. The van der Waals surface area contributed by atoms with E-state index in [1.54, 1.807) is 12.3 Å². The molecule has 142 valence electrons. The van der Waals surface area contributed by atoms with E-state index in [9.17, 15) is 4.79 Å². The summed E-state index contributed by atoms with van der Waals surface area (Å²) in [6.07, 6.45) is 2.21. The van der Waals surface area contributed by atoms with Crippen LogP contribution in [-0.4, -0.2) is 22.5 Å². The van der Waals surface area contributed by atoms with Gasteiger partial charge in [0.15, 0.2) is 6.61 Å². The van der Waals surface area contributed by atoms with Gasteiger partial charge in [-0.15, -0.1) is 0 Å². The predicted molar refractivity (Wildman–Crippen MR) is 129 cm³/mol. The van der Waals surface area contributed by atoms with Gasteiger partial charge in [0.2, 0.25) is 0 Å². The smallest absolute Gasteiger partial charge is 0.282 e. The lowest BCUT2D eigenvalue weighted by Crippen LogP contribution is -2.22. The Kier molecular flexibility index (Phi) is 7.05. The van der Waals surface area contributed by atoms with E-state index >= 15 is 0 Å². The fraction of sp³-hybridized carbons (Fsp3) is 0.158. The van der Waals surface area contributed by atoms with Gasteiger partial charge < -0.3 is 4.74 Å². The minimum Gasteiger partial charge on any atom is -0.477 e. The third-order valence-electron chi connectivity index (χ3n) is 3.82. The number of aryl methyl sites for hydroxylation is 1. The fourth-order valence-corrected chi connectivity index (χ4v) is 5.05. The second kappa shape index (κ2) is 9.32. The molecule has 3 aromatic rings. The van der Waals surface area contributed by atoms with Crippen LogP contribution in [0.2, 0.25) is 0 Å². The van der Waals surface area contributed by atoms with Crippen molar-refractivity contribution >= 4 is 78.2 Å². The van der Waals surface area contributed by atoms with E-state index in [4.69, 9.17) is 10.00 Å². The molecule has 0 radical (unpaired) electrons. The van der Waals surface area contributed by atoms with Gasteiger partial charge in [-0.2, -0.15) is 15.0 Å². The molecule has 1 aromatic heterocycles. The van der Waals surface area contributed by atoms with Crippen LogP contribution >= 0.6 is 61.1 Å². The van der Waals surface area contributed by atoms with Crippen molar-refractivity contribution in [3.05, 3.63) is 63.7 Å². The Morgan fingerprint density at radius 3 is 2.68 bits per heavy atom. The van der Waals surface area contributed by atoms with Gasteiger partial charge in [-0.3, -0.25) is 4.79 Å². The van der Waals surface area contributed by atoms with Crippen molar-refractivity contribution in [3.63, 3.8) is 0 Å². The number of nitrogens with zero attached hydrogens (tertiary/aromatic N) is 4. The maximum Gasteiger partial charge on any atom is 0.282 e. The molecule has 0 aliphatic carbocycles. The Morgan fingerprint density at radius 1 is 1.32 bits per heavy atom. The minimum absolute atomic E-state index is 0.00693. The summed E-state index contributed by atoms with van der Waals surface area (Å²) in [6.45, 7) is 1.93. The molecule has 1 heterocycles. The van der Waals surface area contributed by atoms with Gasteiger partial charge in [-0.05, 0) is 81.1 Å². The maximum atomic E-state index is 12.9. The molecule has 0 fully saturated rings. The largest absolute Gasteiger partial charge is 0.477 e. The van der Waals surface area contributed by atoms with Gasteiger partial charge >= 0.3 is 0 Å². The minimum atomic E-state index is -0.210. The van der Waals surface area contributed by atoms with Crippen LogP contribution in [0.25, 0.3) is 10.9 Å². The summed E-state index contributed by atoms with van der Waals surface area (Å²) in [5.74, 6) is 1.26. The van der Waals surface area contributed by atoms with Crippen molar-refractivity contribution in [1.82, 2.24) is 9.66 Å². The quantitative estimate of drug-likeness (QED) is 0.293. The van der Waals surface area contributed by atoms with Crippen molar-refractivity contribution in [2.45, 2.75) is 13.3 Å². The van der Waals surface area contributed by atoms with Crippen LogP contribution in [-0.2, 0) is 6.42 Å². The molecule has 0 atom stereocenters. The standard InChI is InChI=1S/C19H13BrI2N4O2/c1-2-17-25-16-4-3-12(20)9-13(16)19(27)26(17)24-10-11-7-14(21)18(15(22)8-11)28-6-5-23/h3-4,7-10H,2,6H2,1H3. The second-order valence-electron chi connectivity index (χ2n) is 5.67. The Morgan fingerprint density at radius 2 is 2.04 bits per heavy atom. The number of hydrogen-bond acceptors (Lipinski definition) is 5. The summed E-state index contributed by atoms with van der Waals surface area (Å²) in [7, 11) is 0. The van der Waals surface area contributed by atoms with Crippen LogP contribution in [0, 0.1) is 18.5 Å². The highest BCUT2D eigenvalue weighted by Crippen LogP contribution is 2.28. The molecule has 0 aliphatic heterocycles. The highest BCUT2D eigenvalue weighted by molar-refractivity contribution is 14.1. The first kappa shape index (κ1) is 21.2. The van der Waals surface area contributed by atoms with Crippen molar-refractivity contribution in [2.75, 3.05) is 6.61 Å². The lowest BCUT2D eigenvalue weighted by atomic mass is 10.2. The molecule has 0 saturated carbocycles. The molecule has 9 heteroatoms. The molecule has 0 N–H and O–H groups in total. The van der Waals surface area contributed by atoms with Crippen LogP contribution < -0.4 is 10.3 Å². The first-order valence-electron chi connectivity index (χ1n) is 8.19. The fourth-order valence-electron chi connectivity index (χ4n) is 2.56. The van der Waals surface area contributed by atoms with E-state index in [1.807, 2.05) is 37.3 Å². The molecule has 0 unspecified atom stereocenters. The third kappa shape index (κ3) is 4.55. The van der Waals surface area contributed by atoms with Crippen molar-refractivity contribution in [2.24, 2.45) is 5.10 Å². The van der Waals surface area contributed by atoms with Gasteiger partial charge in [0.25, 0.3) is 5.56 Å². The second-order valence-corrected chi connectivity index (χ2v) is 8.91. The number of nitriles is 1. The molecule has 3 rings (SSSR count). The molecule has 0 aliphatic rings. The van der Waals surface area contributed by atoms with Crippen LogP contribution in [0.4, 0.5) is 0 Å². The predicted octanol–water partition coefficient (Wildman–Crippen LogP) is 4.72. The molecule has 28 heavy (non-hydrogen) atoms. The Balaban J connectivity index is 2.05. The van der Waals surface area contributed by atoms with Gasteiger partial charge in [-0.25, -0.2) is 4.98 Å². The van der Waals surface area contributed by atoms with E-state index in [2.05, 4.69) is 71.2 Å². The monoisotopic (exact) mass is 662 g/mol. The Bertz CT molecular complexity index is 1160. The van der Waals surface area contributed by atoms with Gasteiger partial charge in [0, 0.05) is 10.9 Å². The Hall–Kier alpha value is -1.52. The Labute approximate surface area is 197 Å². The number of aromatic nitrogens is 2. The number of benzene rings is 2. The average Bonchev–Trinajstić information content (AvgIpc) is 2.67. The first-order chi connectivity index (χ1) is 13.4. The van der Waals surface area contributed by atoms with E-state index in [1.165, 1.54) is 4.68 Å². The number of hydrogen-bond donors (Lipinski definition) is 0. The number of fused-ring (bicyclic) bond motifs is 1. The molecular weight excluding hydrogens is 650 g/mol. The van der Waals surface area contributed by atoms with Crippen LogP contribution in [0.1, 0.15) is 18.3 Å². The summed E-state index contributed by atoms with van der Waals surface area (Å²) in [5.41, 5.74) is 1.26. The summed E-state index contributed by atoms with van der Waals surface area (Å²) in [5, 5.41) is 13.6. The van der Waals surface area contributed by atoms with E-state index in [-0.39, 0.29) is 12.2 Å². The molecule has 0 saturated heterocycles. The van der Waals surface area contributed by atoms with E-state index in [0.717, 1.165) is 17.2 Å². The lowest BCUT2D eigenvalue weighted by Gasteiger charge is -2.09. The van der Waals surface area contributed by atoms with E-state index in [0.29, 0.717) is 28.9 Å². The third-order valence-corrected chi connectivity index (χ3v) is 5.91.